The number of amides is 3. The monoisotopic (exact) mass is 285 g/mol. The summed E-state index contributed by atoms with van der Waals surface area (Å²) in [6.07, 6.45) is -6.31. The average Bonchev–Trinajstić information content (AvgIpc) is 2.21. The van der Waals surface area contributed by atoms with Crippen LogP contribution in [0.1, 0.15) is 19.3 Å². The molecule has 0 aromatic heterocycles. The molecular weight excluding hydrogens is 271 g/mol. The lowest BCUT2D eigenvalue weighted by Crippen LogP contribution is -2.47. The lowest BCUT2D eigenvalue weighted by molar-refractivity contribution is -0.140. The zero-order valence-corrected chi connectivity index (χ0v) is 9.79. The minimum atomic E-state index is -4.31. The van der Waals surface area contributed by atoms with E-state index in [0.717, 1.165) is 0 Å². The zero-order valence-electron chi connectivity index (χ0n) is 9.79. The number of rotatable bonds is 7. The molecule has 110 valence electrons. The fraction of sp³-hybridized carbons (Fsp3) is 0.667. The number of nitrogens with two attached hydrogens (primary N) is 1. The van der Waals surface area contributed by atoms with E-state index in [1.54, 1.807) is 0 Å². The van der Waals surface area contributed by atoms with E-state index in [4.69, 9.17) is 10.8 Å². The van der Waals surface area contributed by atoms with Crippen LogP contribution in [0.5, 0.6) is 0 Å². The number of alkyl halides is 3. The summed E-state index contributed by atoms with van der Waals surface area (Å²) >= 11 is 0. The Kier molecular flexibility index (Phi) is 6.66. The number of carbonyl (C=O) groups is 3. The zero-order chi connectivity index (χ0) is 15.1. The summed E-state index contributed by atoms with van der Waals surface area (Å²) in [5.41, 5.74) is 4.78. The van der Waals surface area contributed by atoms with Crippen molar-refractivity contribution in [2.75, 3.05) is 6.54 Å². The second-order valence-electron chi connectivity index (χ2n) is 3.68. The van der Waals surface area contributed by atoms with Crippen molar-refractivity contribution in [3.05, 3.63) is 0 Å². The molecule has 3 amide bonds. The Labute approximate surface area is 106 Å². The number of carboxylic acid groups (broad SMARTS) is 1. The first-order valence-corrected chi connectivity index (χ1v) is 5.24. The number of urea groups is 1. The first kappa shape index (κ1) is 17.0. The van der Waals surface area contributed by atoms with Crippen molar-refractivity contribution in [3.8, 4) is 0 Å². The van der Waals surface area contributed by atoms with Gasteiger partial charge in [-0.2, -0.15) is 13.2 Å². The number of primary amides is 1. The lowest BCUT2D eigenvalue weighted by atomic mass is 10.2. The molecule has 19 heavy (non-hydrogen) atoms. The smallest absolute Gasteiger partial charge is 0.389 e. The van der Waals surface area contributed by atoms with Gasteiger partial charge in [0, 0.05) is 13.0 Å². The highest BCUT2D eigenvalue weighted by atomic mass is 19.4. The first-order valence-electron chi connectivity index (χ1n) is 5.24. The Morgan fingerprint density at radius 1 is 1.26 bits per heavy atom. The number of carboxylic acids is 1. The van der Waals surface area contributed by atoms with Gasteiger partial charge in [-0.15, -0.1) is 0 Å². The Bertz CT molecular complexity index is 346. The van der Waals surface area contributed by atoms with E-state index in [9.17, 15) is 27.6 Å². The number of aliphatic carboxylic acids is 1. The predicted octanol–water partition coefficient (Wildman–Crippen LogP) is -0.0433. The van der Waals surface area contributed by atoms with Crippen LogP contribution in [0.4, 0.5) is 18.0 Å². The van der Waals surface area contributed by atoms with Gasteiger partial charge in [0.2, 0.25) is 5.91 Å². The van der Waals surface area contributed by atoms with Gasteiger partial charge in [0.05, 0.1) is 6.42 Å². The minimum Gasteiger partial charge on any atom is -0.480 e. The lowest BCUT2D eigenvalue weighted by Gasteiger charge is -2.13. The van der Waals surface area contributed by atoms with Crippen LogP contribution >= 0.6 is 0 Å². The second-order valence-corrected chi connectivity index (χ2v) is 3.68. The molecule has 0 aliphatic carbocycles. The normalized spacial score (nSPS) is 12.6. The van der Waals surface area contributed by atoms with E-state index in [1.165, 1.54) is 0 Å². The molecule has 0 saturated heterocycles. The number of halogens is 3. The summed E-state index contributed by atoms with van der Waals surface area (Å²) in [4.78, 5) is 32.3. The summed E-state index contributed by atoms with van der Waals surface area (Å²) in [5, 5.41) is 12.6. The van der Waals surface area contributed by atoms with Gasteiger partial charge in [-0.05, 0) is 6.42 Å². The molecule has 0 rings (SSSR count). The minimum absolute atomic E-state index is 0.270. The molecule has 0 radical (unpaired) electrons. The highest BCUT2D eigenvalue weighted by Crippen LogP contribution is 2.20. The molecule has 0 bridgehead atoms. The van der Waals surface area contributed by atoms with Crippen LogP contribution in [-0.4, -0.2) is 41.8 Å². The van der Waals surface area contributed by atoms with Crippen molar-refractivity contribution in [2.24, 2.45) is 5.73 Å². The van der Waals surface area contributed by atoms with Gasteiger partial charge in [-0.3, -0.25) is 4.79 Å². The van der Waals surface area contributed by atoms with E-state index in [1.807, 2.05) is 10.6 Å². The highest BCUT2D eigenvalue weighted by Gasteiger charge is 2.26. The summed E-state index contributed by atoms with van der Waals surface area (Å²) in [6.45, 7) is -0.270. The van der Waals surface area contributed by atoms with Crippen molar-refractivity contribution in [2.45, 2.75) is 31.5 Å². The molecule has 0 fully saturated rings. The largest absolute Gasteiger partial charge is 0.480 e. The van der Waals surface area contributed by atoms with Crippen molar-refractivity contribution in [1.82, 2.24) is 10.6 Å². The Morgan fingerprint density at radius 3 is 2.26 bits per heavy atom. The number of carbonyl (C=O) groups excluding carboxylic acids is 2. The molecule has 0 aromatic carbocycles. The topological polar surface area (TPSA) is 122 Å². The number of hydrogen-bond donors (Lipinski definition) is 4. The first-order chi connectivity index (χ1) is 8.61. The van der Waals surface area contributed by atoms with Crippen LogP contribution in [0, 0.1) is 0 Å². The molecule has 1 unspecified atom stereocenters. The SMILES string of the molecule is NC(=O)CC(NC(=O)NCCCC(F)(F)F)C(=O)O. The summed E-state index contributed by atoms with van der Waals surface area (Å²) < 4.78 is 35.3. The van der Waals surface area contributed by atoms with Gasteiger partial charge in [0.25, 0.3) is 0 Å². The average molecular weight is 285 g/mol. The van der Waals surface area contributed by atoms with Gasteiger partial charge in [-0.1, -0.05) is 0 Å². The third-order valence-corrected chi connectivity index (χ3v) is 1.93. The summed E-state index contributed by atoms with van der Waals surface area (Å²) in [6, 6.07) is -2.49. The van der Waals surface area contributed by atoms with Crippen molar-refractivity contribution in [1.29, 1.82) is 0 Å². The Hall–Kier alpha value is -2.00. The van der Waals surface area contributed by atoms with Crippen LogP contribution in [0.25, 0.3) is 0 Å². The summed E-state index contributed by atoms with van der Waals surface area (Å²) in [7, 11) is 0. The highest BCUT2D eigenvalue weighted by molar-refractivity contribution is 5.87. The van der Waals surface area contributed by atoms with E-state index in [2.05, 4.69) is 0 Å². The maximum Gasteiger partial charge on any atom is 0.389 e. The molecular formula is C9H14F3N3O4. The molecule has 0 heterocycles. The second kappa shape index (κ2) is 7.44. The number of hydrogen-bond acceptors (Lipinski definition) is 3. The van der Waals surface area contributed by atoms with Crippen LogP contribution in [-0.2, 0) is 9.59 Å². The van der Waals surface area contributed by atoms with Crippen molar-refractivity contribution < 1.29 is 32.7 Å². The van der Waals surface area contributed by atoms with E-state index in [-0.39, 0.29) is 13.0 Å². The predicted molar refractivity (Wildman–Crippen MR) is 57.1 cm³/mol. The fourth-order valence-electron chi connectivity index (χ4n) is 1.10. The van der Waals surface area contributed by atoms with Crippen LogP contribution in [0.2, 0.25) is 0 Å². The van der Waals surface area contributed by atoms with Gasteiger partial charge in [0.15, 0.2) is 0 Å². The van der Waals surface area contributed by atoms with Gasteiger partial charge >= 0.3 is 18.2 Å². The van der Waals surface area contributed by atoms with E-state index >= 15 is 0 Å². The maximum absolute atomic E-state index is 11.8. The maximum atomic E-state index is 11.8. The summed E-state index contributed by atoms with van der Waals surface area (Å²) in [5.74, 6) is -2.39. The molecule has 0 aromatic rings. The molecule has 0 saturated carbocycles. The molecule has 0 spiro atoms. The fourth-order valence-corrected chi connectivity index (χ4v) is 1.10. The molecule has 0 aliphatic rings. The van der Waals surface area contributed by atoms with Gasteiger partial charge in [-0.25, -0.2) is 9.59 Å². The Morgan fingerprint density at radius 2 is 1.84 bits per heavy atom. The standard InChI is InChI=1S/C9H14F3N3O4/c10-9(11,12)2-1-3-14-8(19)15-5(7(17)18)4-6(13)16/h5H,1-4H2,(H2,13,16)(H,17,18)(H2,14,15,19). The van der Waals surface area contributed by atoms with E-state index < -0.39 is 43.0 Å². The third kappa shape index (κ3) is 9.68. The molecule has 5 N–H and O–H groups in total. The van der Waals surface area contributed by atoms with Gasteiger partial charge < -0.3 is 21.5 Å². The third-order valence-electron chi connectivity index (χ3n) is 1.93. The molecule has 10 heteroatoms. The quantitative estimate of drug-likeness (QED) is 0.490. The van der Waals surface area contributed by atoms with Gasteiger partial charge in [0.1, 0.15) is 6.04 Å². The van der Waals surface area contributed by atoms with Crippen LogP contribution < -0.4 is 16.4 Å². The molecule has 0 aliphatic heterocycles. The van der Waals surface area contributed by atoms with Crippen molar-refractivity contribution >= 4 is 17.9 Å². The molecule has 1 atom stereocenters. The van der Waals surface area contributed by atoms with Crippen LogP contribution in [0.3, 0.4) is 0 Å². The number of nitrogens with one attached hydrogen (secondary N) is 2. The molecule has 7 nitrogen and oxygen atoms in total. The van der Waals surface area contributed by atoms with Crippen molar-refractivity contribution in [3.63, 3.8) is 0 Å². The Balaban J connectivity index is 4.00. The van der Waals surface area contributed by atoms with Crippen LogP contribution in [0.15, 0.2) is 0 Å². The van der Waals surface area contributed by atoms with E-state index in [0.29, 0.717) is 0 Å².